The molecule has 0 saturated carbocycles. The lowest BCUT2D eigenvalue weighted by atomic mass is 10.1. The summed E-state index contributed by atoms with van der Waals surface area (Å²) in [6, 6.07) is 9.98. The number of benzene rings is 2. The van der Waals surface area contributed by atoms with Gasteiger partial charge in [0, 0.05) is 29.5 Å². The van der Waals surface area contributed by atoms with Gasteiger partial charge in [0.1, 0.15) is 11.6 Å². The van der Waals surface area contributed by atoms with Gasteiger partial charge in [-0.3, -0.25) is 9.59 Å². The highest BCUT2D eigenvalue weighted by molar-refractivity contribution is 9.10. The molecule has 1 N–H and O–H groups in total. The van der Waals surface area contributed by atoms with E-state index in [0.717, 1.165) is 6.42 Å². The molecule has 2 aromatic rings. The van der Waals surface area contributed by atoms with Crippen LogP contribution in [-0.2, 0) is 16.0 Å². The van der Waals surface area contributed by atoms with Crippen molar-refractivity contribution in [3.05, 3.63) is 52.3 Å². The molecule has 0 bridgehead atoms. The number of carbonyl (C=O) groups is 2. The first-order chi connectivity index (χ1) is 13.0. The van der Waals surface area contributed by atoms with Gasteiger partial charge in [-0.2, -0.15) is 0 Å². The van der Waals surface area contributed by atoms with Crippen molar-refractivity contribution in [2.75, 3.05) is 23.9 Å². The summed E-state index contributed by atoms with van der Waals surface area (Å²) < 4.78 is 19.9. The number of ether oxygens (including phenoxy) is 1. The van der Waals surface area contributed by atoms with E-state index in [0.29, 0.717) is 46.5 Å². The Labute approximate surface area is 165 Å². The number of carbonyl (C=O) groups excluding carboxylic acids is 2. The minimum atomic E-state index is -0.337. The van der Waals surface area contributed by atoms with Gasteiger partial charge in [0.2, 0.25) is 11.8 Å². The number of halogens is 2. The molecular formula is C20H20BrFN2O3. The van der Waals surface area contributed by atoms with Crippen LogP contribution in [0.1, 0.15) is 24.8 Å². The van der Waals surface area contributed by atoms with E-state index >= 15 is 0 Å². The standard InChI is InChI=1S/C20H20BrFN2O3/c1-27-18-8-7-15(12-17(18)24-10-2-3-20(24)26)23-19(25)9-5-13-4-6-14(21)11-16(13)22/h4,6-8,11-12H,2-3,5,9-10H2,1H3,(H,23,25). The molecule has 0 atom stereocenters. The van der Waals surface area contributed by atoms with Crippen molar-refractivity contribution in [3.63, 3.8) is 0 Å². The molecule has 7 heteroatoms. The molecule has 1 saturated heterocycles. The van der Waals surface area contributed by atoms with E-state index in [-0.39, 0.29) is 24.1 Å². The SMILES string of the molecule is COc1ccc(NC(=O)CCc2ccc(Br)cc2F)cc1N1CCCC1=O. The molecule has 0 unspecified atom stereocenters. The second kappa shape index (κ2) is 8.52. The van der Waals surface area contributed by atoms with Gasteiger partial charge in [-0.25, -0.2) is 4.39 Å². The molecule has 142 valence electrons. The Kier molecular flexibility index (Phi) is 6.11. The molecule has 1 aliphatic heterocycles. The van der Waals surface area contributed by atoms with Crippen molar-refractivity contribution in [3.8, 4) is 5.75 Å². The van der Waals surface area contributed by atoms with E-state index in [2.05, 4.69) is 21.2 Å². The molecule has 0 radical (unpaired) electrons. The van der Waals surface area contributed by atoms with Crippen LogP contribution in [0.15, 0.2) is 40.9 Å². The Morgan fingerprint density at radius 3 is 2.78 bits per heavy atom. The summed E-state index contributed by atoms with van der Waals surface area (Å²) in [5.41, 5.74) is 1.72. The average Bonchev–Trinajstić information content (AvgIpc) is 3.06. The third-order valence-corrected chi connectivity index (χ3v) is 4.96. The first kappa shape index (κ1) is 19.4. The van der Waals surface area contributed by atoms with E-state index in [1.807, 2.05) is 0 Å². The van der Waals surface area contributed by atoms with Gasteiger partial charge in [0.25, 0.3) is 0 Å². The summed E-state index contributed by atoms with van der Waals surface area (Å²) in [4.78, 5) is 26.0. The van der Waals surface area contributed by atoms with Crippen LogP contribution in [0, 0.1) is 5.82 Å². The summed E-state index contributed by atoms with van der Waals surface area (Å²) in [6.07, 6.45) is 1.77. The predicted molar refractivity (Wildman–Crippen MR) is 106 cm³/mol. The molecular weight excluding hydrogens is 415 g/mol. The molecule has 5 nitrogen and oxygen atoms in total. The van der Waals surface area contributed by atoms with Crippen molar-refractivity contribution in [1.82, 2.24) is 0 Å². The largest absolute Gasteiger partial charge is 0.495 e. The highest BCUT2D eigenvalue weighted by Gasteiger charge is 2.24. The van der Waals surface area contributed by atoms with Crippen LogP contribution >= 0.6 is 15.9 Å². The van der Waals surface area contributed by atoms with Crippen LogP contribution in [0.2, 0.25) is 0 Å². The Balaban J connectivity index is 1.67. The Morgan fingerprint density at radius 2 is 2.11 bits per heavy atom. The third-order valence-electron chi connectivity index (χ3n) is 4.46. The fourth-order valence-electron chi connectivity index (χ4n) is 3.08. The molecule has 1 aliphatic rings. The van der Waals surface area contributed by atoms with E-state index in [1.165, 1.54) is 6.07 Å². The van der Waals surface area contributed by atoms with E-state index < -0.39 is 0 Å². The summed E-state index contributed by atoms with van der Waals surface area (Å²) in [6.45, 7) is 0.634. The van der Waals surface area contributed by atoms with Gasteiger partial charge in [-0.05, 0) is 48.7 Å². The van der Waals surface area contributed by atoms with Gasteiger partial charge in [-0.1, -0.05) is 22.0 Å². The van der Waals surface area contributed by atoms with Crippen LogP contribution in [0.25, 0.3) is 0 Å². The number of nitrogens with zero attached hydrogens (tertiary/aromatic N) is 1. The number of aryl methyl sites for hydroxylation is 1. The van der Waals surface area contributed by atoms with Crippen LogP contribution in [0.5, 0.6) is 5.75 Å². The quantitative estimate of drug-likeness (QED) is 0.737. The third kappa shape index (κ3) is 4.66. The summed E-state index contributed by atoms with van der Waals surface area (Å²) in [5.74, 6) is 0.0697. The second-order valence-corrected chi connectivity index (χ2v) is 7.24. The van der Waals surface area contributed by atoms with Gasteiger partial charge >= 0.3 is 0 Å². The zero-order valence-electron chi connectivity index (χ0n) is 14.9. The normalized spacial score (nSPS) is 13.7. The van der Waals surface area contributed by atoms with E-state index in [1.54, 1.807) is 42.3 Å². The summed E-state index contributed by atoms with van der Waals surface area (Å²) >= 11 is 3.21. The average molecular weight is 435 g/mol. The van der Waals surface area contributed by atoms with E-state index in [9.17, 15) is 14.0 Å². The number of rotatable bonds is 6. The molecule has 27 heavy (non-hydrogen) atoms. The fourth-order valence-corrected chi connectivity index (χ4v) is 3.41. The lowest BCUT2D eigenvalue weighted by Crippen LogP contribution is -2.24. The van der Waals surface area contributed by atoms with Crippen molar-refractivity contribution >= 4 is 39.1 Å². The number of hydrogen-bond acceptors (Lipinski definition) is 3. The molecule has 2 amide bonds. The maximum atomic E-state index is 13.9. The van der Waals surface area contributed by atoms with Gasteiger partial charge in [0.05, 0.1) is 12.8 Å². The topological polar surface area (TPSA) is 58.6 Å². The zero-order valence-corrected chi connectivity index (χ0v) is 16.5. The Bertz CT molecular complexity index is 872. The number of methoxy groups -OCH3 is 1. The van der Waals surface area contributed by atoms with Crippen molar-refractivity contribution < 1.29 is 18.7 Å². The first-order valence-electron chi connectivity index (χ1n) is 8.70. The number of nitrogens with one attached hydrogen (secondary N) is 1. The van der Waals surface area contributed by atoms with E-state index in [4.69, 9.17) is 4.74 Å². The smallest absolute Gasteiger partial charge is 0.227 e. The molecule has 0 spiro atoms. The maximum Gasteiger partial charge on any atom is 0.227 e. The number of hydrogen-bond donors (Lipinski definition) is 1. The lowest BCUT2D eigenvalue weighted by molar-refractivity contribution is -0.117. The summed E-state index contributed by atoms with van der Waals surface area (Å²) in [5, 5.41) is 2.81. The molecule has 2 aromatic carbocycles. The highest BCUT2D eigenvalue weighted by Crippen LogP contribution is 2.34. The van der Waals surface area contributed by atoms with Crippen LogP contribution in [-0.4, -0.2) is 25.5 Å². The number of amides is 2. The van der Waals surface area contributed by atoms with Gasteiger partial charge < -0.3 is 15.0 Å². The number of anilines is 2. The zero-order chi connectivity index (χ0) is 19.4. The molecule has 0 aliphatic carbocycles. The van der Waals surface area contributed by atoms with Crippen LogP contribution in [0.3, 0.4) is 0 Å². The first-order valence-corrected chi connectivity index (χ1v) is 9.49. The minimum Gasteiger partial charge on any atom is -0.495 e. The van der Waals surface area contributed by atoms with Gasteiger partial charge in [0.15, 0.2) is 0 Å². The monoisotopic (exact) mass is 434 g/mol. The molecule has 1 heterocycles. The Hall–Kier alpha value is -2.41. The fraction of sp³-hybridized carbons (Fsp3) is 0.300. The van der Waals surface area contributed by atoms with Gasteiger partial charge in [-0.15, -0.1) is 0 Å². The molecule has 3 rings (SSSR count). The second-order valence-electron chi connectivity index (χ2n) is 6.32. The minimum absolute atomic E-state index is 0.0440. The van der Waals surface area contributed by atoms with Crippen molar-refractivity contribution in [2.45, 2.75) is 25.7 Å². The molecule has 0 aromatic heterocycles. The van der Waals surface area contributed by atoms with Crippen molar-refractivity contribution in [1.29, 1.82) is 0 Å². The predicted octanol–water partition coefficient (Wildman–Crippen LogP) is 4.29. The lowest BCUT2D eigenvalue weighted by Gasteiger charge is -2.20. The van der Waals surface area contributed by atoms with Crippen LogP contribution in [0.4, 0.5) is 15.8 Å². The maximum absolute atomic E-state index is 13.9. The molecule has 1 fully saturated rings. The van der Waals surface area contributed by atoms with Crippen LogP contribution < -0.4 is 15.0 Å². The highest BCUT2D eigenvalue weighted by atomic mass is 79.9. The summed E-state index contributed by atoms with van der Waals surface area (Å²) in [7, 11) is 1.55. The Morgan fingerprint density at radius 1 is 1.30 bits per heavy atom. The van der Waals surface area contributed by atoms with Crippen molar-refractivity contribution in [2.24, 2.45) is 0 Å².